The first-order valence-electron chi connectivity index (χ1n) is 16.7. The number of aryl methyl sites for hydroxylation is 1. The number of anilines is 1. The van der Waals surface area contributed by atoms with Crippen molar-refractivity contribution in [2.75, 3.05) is 10.8 Å². The Morgan fingerprint density at radius 2 is 1.28 bits per heavy atom. The Bertz CT molecular complexity index is 1940. The van der Waals surface area contributed by atoms with Crippen LogP contribution < -0.4 is 14.4 Å². The third-order valence-electron chi connectivity index (χ3n) is 8.46. The van der Waals surface area contributed by atoms with Crippen LogP contribution in [0.5, 0.6) is 11.5 Å². The van der Waals surface area contributed by atoms with Crippen molar-refractivity contribution >= 4 is 27.5 Å². The molecule has 0 aliphatic carbocycles. The number of sulfonamides is 1. The number of rotatable bonds is 15. The van der Waals surface area contributed by atoms with Crippen LogP contribution in [-0.2, 0) is 32.6 Å². The molecule has 5 aromatic carbocycles. The van der Waals surface area contributed by atoms with E-state index < -0.39 is 28.5 Å². The van der Waals surface area contributed by atoms with Gasteiger partial charge in [0.1, 0.15) is 24.1 Å². The van der Waals surface area contributed by atoms with Gasteiger partial charge < -0.3 is 15.0 Å². The van der Waals surface area contributed by atoms with Gasteiger partial charge in [-0.05, 0) is 79.9 Å². The second-order valence-corrected chi connectivity index (χ2v) is 14.1. The Morgan fingerprint density at radius 1 is 0.720 bits per heavy atom. The quantitative estimate of drug-likeness (QED) is 0.123. The standard InChI is InChI=1S/C41H43N3O5S/c1-4-32(3)42-41(46)39(28-33-14-8-5-9-15-33)43(29-34-22-20-31(2)21-23-34)40(45)30-44(50(47,48)38-18-12-7-13-19-38)35-24-26-37(27-25-35)49-36-16-10-6-11-17-36/h5-27,32,39H,4,28-30H2,1-3H3,(H,42,46)/t32-,39-/m0/s1. The molecule has 258 valence electrons. The summed E-state index contributed by atoms with van der Waals surface area (Å²) in [5.74, 6) is 0.323. The van der Waals surface area contributed by atoms with Gasteiger partial charge in [-0.2, -0.15) is 0 Å². The number of nitrogens with zero attached hydrogens (tertiary/aromatic N) is 2. The zero-order chi connectivity index (χ0) is 35.5. The molecule has 0 radical (unpaired) electrons. The summed E-state index contributed by atoms with van der Waals surface area (Å²) >= 11 is 0. The molecular weight excluding hydrogens is 647 g/mol. The first kappa shape index (κ1) is 35.9. The average Bonchev–Trinajstić information content (AvgIpc) is 3.14. The minimum absolute atomic E-state index is 0.0397. The molecule has 8 nitrogen and oxygen atoms in total. The fourth-order valence-electron chi connectivity index (χ4n) is 5.44. The number of hydrogen-bond donors (Lipinski definition) is 1. The van der Waals surface area contributed by atoms with Crippen LogP contribution >= 0.6 is 0 Å². The number of ether oxygens (including phenoxy) is 1. The molecule has 0 spiro atoms. The molecule has 0 heterocycles. The molecule has 0 fully saturated rings. The summed E-state index contributed by atoms with van der Waals surface area (Å²) in [5.41, 5.74) is 3.03. The highest BCUT2D eigenvalue weighted by Gasteiger charge is 2.35. The van der Waals surface area contributed by atoms with Crippen molar-refractivity contribution in [2.24, 2.45) is 0 Å². The predicted molar refractivity (Wildman–Crippen MR) is 197 cm³/mol. The van der Waals surface area contributed by atoms with Crippen LogP contribution in [0.1, 0.15) is 37.0 Å². The molecule has 0 aliphatic heterocycles. The van der Waals surface area contributed by atoms with Gasteiger partial charge in [-0.1, -0.05) is 103 Å². The van der Waals surface area contributed by atoms with Crippen LogP contribution in [0.3, 0.4) is 0 Å². The molecule has 5 aromatic rings. The lowest BCUT2D eigenvalue weighted by Crippen LogP contribution is -2.54. The molecule has 0 bridgehead atoms. The summed E-state index contributed by atoms with van der Waals surface area (Å²) in [6.45, 7) is 5.45. The fourth-order valence-corrected chi connectivity index (χ4v) is 6.87. The lowest BCUT2D eigenvalue weighted by molar-refractivity contribution is -0.140. The highest BCUT2D eigenvalue weighted by molar-refractivity contribution is 7.92. The number of hydrogen-bond acceptors (Lipinski definition) is 5. The van der Waals surface area contributed by atoms with Crippen molar-refractivity contribution in [3.8, 4) is 11.5 Å². The number of para-hydroxylation sites is 1. The van der Waals surface area contributed by atoms with Gasteiger partial charge in [0.05, 0.1) is 10.6 Å². The topological polar surface area (TPSA) is 96.0 Å². The van der Waals surface area contributed by atoms with Crippen LogP contribution in [0.4, 0.5) is 5.69 Å². The summed E-state index contributed by atoms with van der Waals surface area (Å²) in [6.07, 6.45) is 0.959. The molecule has 0 saturated heterocycles. The van der Waals surface area contributed by atoms with E-state index in [9.17, 15) is 18.0 Å². The van der Waals surface area contributed by atoms with Gasteiger partial charge >= 0.3 is 0 Å². The molecule has 2 amide bonds. The zero-order valence-corrected chi connectivity index (χ0v) is 29.4. The van der Waals surface area contributed by atoms with E-state index in [4.69, 9.17) is 4.74 Å². The SMILES string of the molecule is CC[C@H](C)NC(=O)[C@H](Cc1ccccc1)N(Cc1ccc(C)cc1)C(=O)CN(c1ccc(Oc2ccccc2)cc1)S(=O)(=O)c1ccccc1. The number of carbonyl (C=O) groups excluding carboxylic acids is 2. The van der Waals surface area contributed by atoms with E-state index in [1.807, 2.05) is 106 Å². The van der Waals surface area contributed by atoms with Gasteiger partial charge in [-0.3, -0.25) is 13.9 Å². The Kier molecular flexibility index (Phi) is 12.1. The minimum atomic E-state index is -4.22. The normalized spacial score (nSPS) is 12.4. The molecule has 5 rings (SSSR count). The molecule has 0 aliphatic rings. The molecule has 50 heavy (non-hydrogen) atoms. The maximum absolute atomic E-state index is 14.7. The Morgan fingerprint density at radius 3 is 1.88 bits per heavy atom. The second kappa shape index (κ2) is 16.8. The maximum atomic E-state index is 14.7. The fraction of sp³-hybridized carbons (Fsp3) is 0.220. The molecule has 9 heteroatoms. The lowest BCUT2D eigenvalue weighted by Gasteiger charge is -2.34. The van der Waals surface area contributed by atoms with Crippen molar-refractivity contribution in [1.29, 1.82) is 0 Å². The van der Waals surface area contributed by atoms with E-state index in [2.05, 4.69) is 5.32 Å². The highest BCUT2D eigenvalue weighted by Crippen LogP contribution is 2.29. The van der Waals surface area contributed by atoms with Crippen LogP contribution in [0, 0.1) is 6.92 Å². The van der Waals surface area contributed by atoms with Gasteiger partial charge in [-0.25, -0.2) is 8.42 Å². The third kappa shape index (κ3) is 9.39. The van der Waals surface area contributed by atoms with E-state index >= 15 is 0 Å². The van der Waals surface area contributed by atoms with Gasteiger partial charge in [0.25, 0.3) is 10.0 Å². The molecule has 0 unspecified atom stereocenters. The van der Waals surface area contributed by atoms with E-state index in [-0.39, 0.29) is 35.5 Å². The summed E-state index contributed by atoms with van der Waals surface area (Å²) < 4.78 is 35.6. The number of benzene rings is 5. The van der Waals surface area contributed by atoms with Crippen LogP contribution in [0.15, 0.2) is 144 Å². The van der Waals surface area contributed by atoms with Gasteiger partial charge in [0, 0.05) is 19.0 Å². The van der Waals surface area contributed by atoms with Crippen LogP contribution in [0.2, 0.25) is 0 Å². The van der Waals surface area contributed by atoms with E-state index in [0.29, 0.717) is 17.9 Å². The Hall–Kier alpha value is -5.41. The highest BCUT2D eigenvalue weighted by atomic mass is 32.2. The Balaban J connectivity index is 1.55. The van der Waals surface area contributed by atoms with E-state index in [1.165, 1.54) is 17.0 Å². The van der Waals surface area contributed by atoms with E-state index in [0.717, 1.165) is 21.0 Å². The van der Waals surface area contributed by atoms with Crippen molar-refractivity contribution < 1.29 is 22.7 Å². The van der Waals surface area contributed by atoms with Gasteiger partial charge in [0.15, 0.2) is 0 Å². The van der Waals surface area contributed by atoms with Gasteiger partial charge in [0.2, 0.25) is 11.8 Å². The van der Waals surface area contributed by atoms with Crippen molar-refractivity contribution in [2.45, 2.75) is 57.1 Å². The number of carbonyl (C=O) groups is 2. The summed E-state index contributed by atoms with van der Waals surface area (Å²) in [4.78, 5) is 30.3. The molecule has 1 N–H and O–H groups in total. The van der Waals surface area contributed by atoms with Crippen molar-refractivity contribution in [1.82, 2.24) is 10.2 Å². The Labute approximate surface area is 295 Å². The summed E-state index contributed by atoms with van der Waals surface area (Å²) in [7, 11) is -4.22. The van der Waals surface area contributed by atoms with Gasteiger partial charge in [-0.15, -0.1) is 0 Å². The van der Waals surface area contributed by atoms with Crippen molar-refractivity contribution in [3.05, 3.63) is 156 Å². The molecule has 0 aromatic heterocycles. The average molecular weight is 690 g/mol. The summed E-state index contributed by atoms with van der Waals surface area (Å²) in [5, 5.41) is 3.07. The summed E-state index contributed by atoms with van der Waals surface area (Å²) in [6, 6.07) is 40.1. The minimum Gasteiger partial charge on any atom is -0.457 e. The van der Waals surface area contributed by atoms with E-state index in [1.54, 1.807) is 42.5 Å². The third-order valence-corrected chi connectivity index (χ3v) is 10.2. The molecular formula is C41H43N3O5S. The zero-order valence-electron chi connectivity index (χ0n) is 28.6. The maximum Gasteiger partial charge on any atom is 0.264 e. The first-order chi connectivity index (χ1) is 24.1. The first-order valence-corrected chi connectivity index (χ1v) is 18.2. The number of nitrogens with one attached hydrogen (secondary N) is 1. The lowest BCUT2D eigenvalue weighted by atomic mass is 10.0. The molecule has 2 atom stereocenters. The monoisotopic (exact) mass is 689 g/mol. The molecule has 0 saturated carbocycles. The second-order valence-electron chi connectivity index (χ2n) is 12.3. The largest absolute Gasteiger partial charge is 0.457 e. The number of amides is 2. The van der Waals surface area contributed by atoms with Crippen LogP contribution in [-0.4, -0.2) is 43.8 Å². The smallest absolute Gasteiger partial charge is 0.264 e. The van der Waals surface area contributed by atoms with Crippen LogP contribution in [0.25, 0.3) is 0 Å². The predicted octanol–water partition coefficient (Wildman–Crippen LogP) is 7.54. The van der Waals surface area contributed by atoms with Crippen molar-refractivity contribution in [3.63, 3.8) is 0 Å².